The van der Waals surface area contributed by atoms with Gasteiger partial charge in [0.2, 0.25) is 0 Å². The number of benzene rings is 1. The van der Waals surface area contributed by atoms with Crippen LogP contribution in [0.15, 0.2) is 24.3 Å². The maximum atomic E-state index is 11.2. The molecule has 0 amide bonds. The van der Waals surface area contributed by atoms with E-state index in [0.717, 1.165) is 25.4 Å². The van der Waals surface area contributed by atoms with E-state index in [9.17, 15) is 4.79 Å². The quantitative estimate of drug-likeness (QED) is 0.596. The lowest BCUT2D eigenvalue weighted by Crippen LogP contribution is -2.23. The standard InChI is InChI=1S/C15H21N3O2.ClH/c16-15(17)14(19)6-9-20-13-5-3-4-12(10-13)11-18-7-1-2-8-18;/h3-5,10H,1-2,6-9,11H2,(H3,16,17);1H. The van der Waals surface area contributed by atoms with Gasteiger partial charge in [-0.2, -0.15) is 0 Å². The number of rotatable bonds is 7. The molecule has 5 nitrogen and oxygen atoms in total. The number of nitrogens with two attached hydrogens (primary N) is 1. The number of ether oxygens (including phenoxy) is 1. The molecule has 0 radical (unpaired) electrons. The fourth-order valence-electron chi connectivity index (χ4n) is 2.33. The molecule has 0 unspecified atom stereocenters. The number of Topliss-reactive ketones (excluding diaryl/α,β-unsaturated/α-hetero) is 1. The number of hydrogen-bond donors (Lipinski definition) is 2. The van der Waals surface area contributed by atoms with Crippen LogP contribution in [0.1, 0.15) is 24.8 Å². The van der Waals surface area contributed by atoms with Gasteiger partial charge in [0.15, 0.2) is 11.6 Å². The van der Waals surface area contributed by atoms with Gasteiger partial charge in [0, 0.05) is 13.0 Å². The number of hydrogen-bond acceptors (Lipinski definition) is 4. The van der Waals surface area contributed by atoms with Crippen molar-refractivity contribution in [3.8, 4) is 5.75 Å². The van der Waals surface area contributed by atoms with Crippen molar-refractivity contribution in [1.29, 1.82) is 5.41 Å². The highest BCUT2D eigenvalue weighted by molar-refractivity contribution is 6.36. The summed E-state index contributed by atoms with van der Waals surface area (Å²) in [6, 6.07) is 7.95. The van der Waals surface area contributed by atoms with Gasteiger partial charge in [0.05, 0.1) is 6.61 Å². The third-order valence-electron chi connectivity index (χ3n) is 3.40. The molecule has 0 aliphatic carbocycles. The van der Waals surface area contributed by atoms with Crippen molar-refractivity contribution in [1.82, 2.24) is 4.90 Å². The van der Waals surface area contributed by atoms with Crippen LogP contribution in [-0.4, -0.2) is 36.2 Å². The third kappa shape index (κ3) is 5.73. The second-order valence-corrected chi connectivity index (χ2v) is 5.07. The van der Waals surface area contributed by atoms with Crippen LogP contribution in [0.4, 0.5) is 0 Å². The van der Waals surface area contributed by atoms with E-state index in [1.807, 2.05) is 18.2 Å². The Bertz CT molecular complexity index is 488. The van der Waals surface area contributed by atoms with Gasteiger partial charge in [0.25, 0.3) is 0 Å². The molecule has 0 atom stereocenters. The highest BCUT2D eigenvalue weighted by Crippen LogP contribution is 2.17. The van der Waals surface area contributed by atoms with Crippen molar-refractivity contribution in [3.63, 3.8) is 0 Å². The summed E-state index contributed by atoms with van der Waals surface area (Å²) in [5.74, 6) is -0.0207. The summed E-state index contributed by atoms with van der Waals surface area (Å²) in [4.78, 5) is 13.6. The molecule has 1 aliphatic rings. The SMILES string of the molecule is Cl.N=C(N)C(=O)CCOc1cccc(CN2CCCC2)c1. The average molecular weight is 312 g/mol. The fourth-order valence-corrected chi connectivity index (χ4v) is 2.33. The molecule has 3 N–H and O–H groups in total. The van der Waals surface area contributed by atoms with Crippen LogP contribution in [0.3, 0.4) is 0 Å². The van der Waals surface area contributed by atoms with Crippen LogP contribution in [0.25, 0.3) is 0 Å². The Balaban J connectivity index is 0.00000220. The first-order valence-corrected chi connectivity index (χ1v) is 6.96. The number of carbonyl (C=O) groups is 1. The molecule has 21 heavy (non-hydrogen) atoms. The largest absolute Gasteiger partial charge is 0.493 e. The summed E-state index contributed by atoms with van der Waals surface area (Å²) in [6.07, 6.45) is 2.71. The topological polar surface area (TPSA) is 79.4 Å². The Kier molecular flexibility index (Phi) is 7.19. The van der Waals surface area contributed by atoms with E-state index in [2.05, 4.69) is 11.0 Å². The zero-order chi connectivity index (χ0) is 14.4. The van der Waals surface area contributed by atoms with Crippen LogP contribution in [0, 0.1) is 5.41 Å². The Hall–Kier alpha value is -1.59. The van der Waals surface area contributed by atoms with E-state index >= 15 is 0 Å². The number of ketones is 1. The van der Waals surface area contributed by atoms with Gasteiger partial charge in [-0.25, -0.2) is 0 Å². The molecule has 1 fully saturated rings. The Morgan fingerprint density at radius 2 is 2.05 bits per heavy atom. The zero-order valence-electron chi connectivity index (χ0n) is 12.0. The highest BCUT2D eigenvalue weighted by Gasteiger charge is 2.12. The van der Waals surface area contributed by atoms with Gasteiger partial charge >= 0.3 is 0 Å². The van der Waals surface area contributed by atoms with Crippen molar-refractivity contribution in [2.24, 2.45) is 5.73 Å². The number of nitrogens with zero attached hydrogens (tertiary/aromatic N) is 1. The fraction of sp³-hybridized carbons (Fsp3) is 0.467. The van der Waals surface area contributed by atoms with E-state index in [4.69, 9.17) is 15.9 Å². The maximum Gasteiger partial charge on any atom is 0.200 e. The first-order chi connectivity index (χ1) is 9.65. The molecule has 1 aliphatic heterocycles. The monoisotopic (exact) mass is 311 g/mol. The van der Waals surface area contributed by atoms with Crippen molar-refractivity contribution in [2.45, 2.75) is 25.8 Å². The minimum atomic E-state index is -0.406. The smallest absolute Gasteiger partial charge is 0.200 e. The summed E-state index contributed by atoms with van der Waals surface area (Å²) in [7, 11) is 0. The van der Waals surface area contributed by atoms with E-state index in [1.165, 1.54) is 18.4 Å². The Morgan fingerprint density at radius 3 is 2.71 bits per heavy atom. The molecule has 0 saturated carbocycles. The molecule has 1 saturated heterocycles. The molecule has 2 rings (SSSR count). The van der Waals surface area contributed by atoms with Crippen molar-refractivity contribution in [2.75, 3.05) is 19.7 Å². The van der Waals surface area contributed by atoms with Gasteiger partial charge < -0.3 is 10.5 Å². The number of carbonyl (C=O) groups excluding carboxylic acids is 1. The Morgan fingerprint density at radius 1 is 1.33 bits per heavy atom. The second-order valence-electron chi connectivity index (χ2n) is 5.07. The molecule has 1 heterocycles. The van der Waals surface area contributed by atoms with E-state index in [1.54, 1.807) is 0 Å². The van der Waals surface area contributed by atoms with Crippen LogP contribution in [0.2, 0.25) is 0 Å². The summed E-state index contributed by atoms with van der Waals surface area (Å²) in [5, 5.41) is 7.01. The van der Waals surface area contributed by atoms with E-state index in [-0.39, 0.29) is 31.2 Å². The number of likely N-dealkylation sites (tertiary alicyclic amines) is 1. The summed E-state index contributed by atoms with van der Waals surface area (Å²) in [5.41, 5.74) is 6.33. The van der Waals surface area contributed by atoms with Gasteiger partial charge in [-0.05, 0) is 43.6 Å². The van der Waals surface area contributed by atoms with Gasteiger partial charge in [0.1, 0.15) is 5.75 Å². The molecule has 116 valence electrons. The zero-order valence-corrected chi connectivity index (χ0v) is 12.8. The normalized spacial score (nSPS) is 14.5. The van der Waals surface area contributed by atoms with Crippen molar-refractivity contribution >= 4 is 24.0 Å². The molecule has 0 aromatic heterocycles. The van der Waals surface area contributed by atoms with Crippen LogP contribution in [0.5, 0.6) is 5.75 Å². The van der Waals surface area contributed by atoms with Gasteiger partial charge in [-0.15, -0.1) is 12.4 Å². The lowest BCUT2D eigenvalue weighted by Gasteiger charge is -2.15. The molecule has 1 aromatic rings. The minimum absolute atomic E-state index is 0. The first kappa shape index (κ1) is 17.5. The highest BCUT2D eigenvalue weighted by atomic mass is 35.5. The Labute approximate surface area is 131 Å². The summed E-state index contributed by atoms with van der Waals surface area (Å²) >= 11 is 0. The van der Waals surface area contributed by atoms with Crippen LogP contribution in [-0.2, 0) is 11.3 Å². The predicted octanol–water partition coefficient (Wildman–Crippen LogP) is 1.98. The summed E-state index contributed by atoms with van der Waals surface area (Å²) < 4.78 is 5.54. The second kappa shape index (κ2) is 8.64. The molecule has 1 aromatic carbocycles. The lowest BCUT2D eigenvalue weighted by atomic mass is 10.2. The predicted molar refractivity (Wildman–Crippen MR) is 85.2 cm³/mol. The first-order valence-electron chi connectivity index (χ1n) is 6.96. The average Bonchev–Trinajstić information content (AvgIpc) is 2.92. The summed E-state index contributed by atoms with van der Waals surface area (Å²) in [6.45, 7) is 3.53. The number of halogens is 1. The third-order valence-corrected chi connectivity index (χ3v) is 3.40. The molecule has 0 bridgehead atoms. The lowest BCUT2D eigenvalue weighted by molar-refractivity contribution is -0.113. The molecule has 0 spiro atoms. The van der Waals surface area contributed by atoms with Crippen molar-refractivity contribution < 1.29 is 9.53 Å². The van der Waals surface area contributed by atoms with Crippen LogP contribution < -0.4 is 10.5 Å². The van der Waals surface area contributed by atoms with Gasteiger partial charge in [-0.1, -0.05) is 12.1 Å². The van der Waals surface area contributed by atoms with E-state index < -0.39 is 5.84 Å². The minimum Gasteiger partial charge on any atom is -0.493 e. The van der Waals surface area contributed by atoms with E-state index in [0.29, 0.717) is 0 Å². The molecular weight excluding hydrogens is 290 g/mol. The van der Waals surface area contributed by atoms with Crippen molar-refractivity contribution in [3.05, 3.63) is 29.8 Å². The molecular formula is C15H22ClN3O2. The molecule has 6 heteroatoms. The number of nitrogens with one attached hydrogen (secondary N) is 1. The van der Waals surface area contributed by atoms with Crippen LogP contribution >= 0.6 is 12.4 Å². The maximum absolute atomic E-state index is 11.2. The van der Waals surface area contributed by atoms with Gasteiger partial charge in [-0.3, -0.25) is 15.1 Å². The number of amidine groups is 1.